The van der Waals surface area contributed by atoms with Crippen molar-refractivity contribution < 1.29 is 9.53 Å². The smallest absolute Gasteiger partial charge is 0.272 e. The van der Waals surface area contributed by atoms with Crippen LogP contribution in [0.2, 0.25) is 0 Å². The summed E-state index contributed by atoms with van der Waals surface area (Å²) in [6, 6.07) is 9.48. The summed E-state index contributed by atoms with van der Waals surface area (Å²) in [4.78, 5) is 21.7. The first-order valence-corrected chi connectivity index (χ1v) is 9.50. The van der Waals surface area contributed by atoms with Gasteiger partial charge in [0.15, 0.2) is 0 Å². The molecule has 4 heterocycles. The third-order valence-corrected chi connectivity index (χ3v) is 5.00. The molecule has 8 heteroatoms. The van der Waals surface area contributed by atoms with Gasteiger partial charge >= 0.3 is 0 Å². The lowest BCUT2D eigenvalue weighted by atomic mass is 10.2. The number of aromatic nitrogens is 4. The van der Waals surface area contributed by atoms with Gasteiger partial charge in [-0.2, -0.15) is 5.10 Å². The van der Waals surface area contributed by atoms with Crippen LogP contribution in [0.4, 0.5) is 0 Å². The third-order valence-electron chi connectivity index (χ3n) is 5.00. The van der Waals surface area contributed by atoms with Crippen molar-refractivity contribution in [1.29, 1.82) is 0 Å². The van der Waals surface area contributed by atoms with Crippen LogP contribution in [0, 0.1) is 13.8 Å². The number of imidazole rings is 1. The molecule has 0 N–H and O–H groups in total. The van der Waals surface area contributed by atoms with Gasteiger partial charge in [-0.05, 0) is 32.0 Å². The van der Waals surface area contributed by atoms with Crippen LogP contribution in [-0.4, -0.2) is 74.6 Å². The normalized spacial score (nSPS) is 15.1. The van der Waals surface area contributed by atoms with Crippen LogP contribution >= 0.6 is 0 Å². The molecule has 1 fully saturated rings. The van der Waals surface area contributed by atoms with Crippen LogP contribution in [0.15, 0.2) is 36.5 Å². The maximum Gasteiger partial charge on any atom is 0.272 e. The summed E-state index contributed by atoms with van der Waals surface area (Å²) in [5, 5.41) is 7.99. The summed E-state index contributed by atoms with van der Waals surface area (Å²) in [5.74, 6) is 0.588. The molecule has 0 unspecified atom stereocenters. The fourth-order valence-corrected chi connectivity index (χ4v) is 3.44. The number of rotatable bonds is 5. The second-order valence-corrected chi connectivity index (χ2v) is 6.97. The molecular weight excluding hydrogens is 356 g/mol. The second-order valence-electron chi connectivity index (χ2n) is 6.97. The number of aryl methyl sites for hydroxylation is 2. The molecule has 8 nitrogen and oxygen atoms in total. The Morgan fingerprint density at radius 2 is 1.89 bits per heavy atom. The molecule has 0 atom stereocenters. The Bertz CT molecular complexity index is 960. The predicted octanol–water partition coefficient (Wildman–Crippen LogP) is 1.58. The molecular formula is C20H24N6O2. The first-order valence-electron chi connectivity index (χ1n) is 9.50. The number of nitrogens with zero attached hydrogens (tertiary/aromatic N) is 6. The van der Waals surface area contributed by atoms with Crippen molar-refractivity contribution in [3.05, 3.63) is 53.6 Å². The predicted molar refractivity (Wildman–Crippen MR) is 105 cm³/mol. The molecule has 1 aliphatic heterocycles. The number of amides is 1. The summed E-state index contributed by atoms with van der Waals surface area (Å²) >= 11 is 0. The molecule has 0 radical (unpaired) electrons. The lowest BCUT2D eigenvalue weighted by Gasteiger charge is -2.34. The van der Waals surface area contributed by atoms with Crippen molar-refractivity contribution in [2.75, 3.05) is 39.3 Å². The van der Waals surface area contributed by atoms with Crippen molar-refractivity contribution in [3.63, 3.8) is 0 Å². The number of piperazine rings is 1. The van der Waals surface area contributed by atoms with Crippen molar-refractivity contribution in [3.8, 4) is 5.88 Å². The molecule has 0 spiro atoms. The lowest BCUT2D eigenvalue weighted by molar-refractivity contribution is 0.0611. The van der Waals surface area contributed by atoms with E-state index in [2.05, 4.69) is 20.1 Å². The number of hydrogen-bond donors (Lipinski definition) is 0. The Kier molecular flexibility index (Phi) is 5.21. The zero-order chi connectivity index (χ0) is 19.5. The standard InChI is InChI=1S/C20H24N6O2/c1-15-6-7-18(23-22-15)28-14-13-24-9-11-25(12-10-24)20(27)19-16(2)21-17-5-3-4-8-26(17)19/h3-8H,9-14H2,1-2H3. The van der Waals surface area contributed by atoms with E-state index < -0.39 is 0 Å². The zero-order valence-electron chi connectivity index (χ0n) is 16.2. The van der Waals surface area contributed by atoms with Gasteiger partial charge in [-0.1, -0.05) is 6.07 Å². The van der Waals surface area contributed by atoms with E-state index in [1.165, 1.54) is 0 Å². The number of ether oxygens (including phenoxy) is 1. The molecule has 3 aromatic rings. The fourth-order valence-electron chi connectivity index (χ4n) is 3.44. The summed E-state index contributed by atoms with van der Waals surface area (Å²) in [7, 11) is 0. The van der Waals surface area contributed by atoms with Crippen LogP contribution in [-0.2, 0) is 0 Å². The highest BCUT2D eigenvalue weighted by molar-refractivity contribution is 5.94. The highest BCUT2D eigenvalue weighted by Crippen LogP contribution is 2.15. The van der Waals surface area contributed by atoms with E-state index in [1.54, 1.807) is 0 Å². The van der Waals surface area contributed by atoms with E-state index in [9.17, 15) is 4.79 Å². The number of pyridine rings is 1. The molecule has 4 rings (SSSR count). The molecule has 1 saturated heterocycles. The third kappa shape index (κ3) is 3.82. The molecule has 3 aromatic heterocycles. The van der Waals surface area contributed by atoms with Crippen LogP contribution in [0.5, 0.6) is 5.88 Å². The molecule has 146 valence electrons. The van der Waals surface area contributed by atoms with Gasteiger partial charge in [-0.3, -0.25) is 14.1 Å². The maximum absolute atomic E-state index is 13.0. The largest absolute Gasteiger partial charge is 0.475 e. The first kappa shape index (κ1) is 18.4. The minimum Gasteiger partial charge on any atom is -0.475 e. The van der Waals surface area contributed by atoms with Crippen molar-refractivity contribution in [1.82, 2.24) is 29.4 Å². The van der Waals surface area contributed by atoms with E-state index >= 15 is 0 Å². The summed E-state index contributed by atoms with van der Waals surface area (Å²) in [6.45, 7) is 8.18. The number of hydrogen-bond acceptors (Lipinski definition) is 6. The molecule has 0 aliphatic carbocycles. The summed E-state index contributed by atoms with van der Waals surface area (Å²) in [5.41, 5.74) is 3.10. The van der Waals surface area contributed by atoms with E-state index in [0.717, 1.165) is 36.7 Å². The minimum atomic E-state index is 0.0435. The van der Waals surface area contributed by atoms with Gasteiger partial charge in [0.25, 0.3) is 5.91 Å². The molecule has 1 amide bonds. The van der Waals surface area contributed by atoms with Crippen LogP contribution in [0.3, 0.4) is 0 Å². The number of fused-ring (bicyclic) bond motifs is 1. The van der Waals surface area contributed by atoms with Crippen LogP contribution in [0.1, 0.15) is 21.9 Å². The second kappa shape index (κ2) is 7.93. The highest BCUT2D eigenvalue weighted by atomic mass is 16.5. The molecule has 0 aromatic carbocycles. The summed E-state index contributed by atoms with van der Waals surface area (Å²) < 4.78 is 7.53. The average molecular weight is 380 g/mol. The van der Waals surface area contributed by atoms with Gasteiger partial charge in [-0.15, -0.1) is 5.10 Å². The Labute approximate surface area is 163 Å². The van der Waals surface area contributed by atoms with Gasteiger partial charge in [0, 0.05) is 45.0 Å². The SMILES string of the molecule is Cc1ccc(OCCN2CCN(C(=O)c3c(C)nc4ccccn34)CC2)nn1. The molecule has 1 aliphatic rings. The zero-order valence-corrected chi connectivity index (χ0v) is 16.2. The van der Waals surface area contributed by atoms with Crippen LogP contribution < -0.4 is 4.74 Å². The average Bonchev–Trinajstić information content (AvgIpc) is 3.05. The lowest BCUT2D eigenvalue weighted by Crippen LogP contribution is -2.49. The Hall–Kier alpha value is -3.00. The van der Waals surface area contributed by atoms with Gasteiger partial charge in [-0.25, -0.2) is 4.98 Å². The van der Waals surface area contributed by atoms with E-state index in [1.807, 2.05) is 59.7 Å². The van der Waals surface area contributed by atoms with Crippen molar-refractivity contribution in [2.24, 2.45) is 0 Å². The highest BCUT2D eigenvalue weighted by Gasteiger charge is 2.26. The van der Waals surface area contributed by atoms with Gasteiger partial charge < -0.3 is 9.64 Å². The first-order chi connectivity index (χ1) is 13.6. The van der Waals surface area contributed by atoms with Gasteiger partial charge in [0.1, 0.15) is 17.9 Å². The fraction of sp³-hybridized carbons (Fsp3) is 0.400. The van der Waals surface area contributed by atoms with Crippen molar-refractivity contribution >= 4 is 11.6 Å². The van der Waals surface area contributed by atoms with Crippen molar-refractivity contribution in [2.45, 2.75) is 13.8 Å². The molecule has 28 heavy (non-hydrogen) atoms. The molecule has 0 bridgehead atoms. The van der Waals surface area contributed by atoms with E-state index in [4.69, 9.17) is 4.74 Å². The maximum atomic E-state index is 13.0. The van der Waals surface area contributed by atoms with E-state index in [-0.39, 0.29) is 5.91 Å². The summed E-state index contributed by atoms with van der Waals surface area (Å²) in [6.07, 6.45) is 1.89. The quantitative estimate of drug-likeness (QED) is 0.669. The number of carbonyl (C=O) groups is 1. The van der Waals surface area contributed by atoms with Gasteiger partial charge in [0.2, 0.25) is 5.88 Å². The Morgan fingerprint density at radius 1 is 1.07 bits per heavy atom. The Balaban J connectivity index is 1.30. The van der Waals surface area contributed by atoms with Crippen LogP contribution in [0.25, 0.3) is 5.65 Å². The molecule has 0 saturated carbocycles. The number of carbonyl (C=O) groups excluding carboxylic acids is 1. The van der Waals surface area contributed by atoms with E-state index in [0.29, 0.717) is 31.3 Å². The Morgan fingerprint density at radius 3 is 2.64 bits per heavy atom. The topological polar surface area (TPSA) is 75.9 Å². The monoisotopic (exact) mass is 380 g/mol. The minimum absolute atomic E-state index is 0.0435. The van der Waals surface area contributed by atoms with Gasteiger partial charge in [0.05, 0.1) is 11.4 Å².